The minimum atomic E-state index is 0.336. The number of hydrogen-bond donors (Lipinski definition) is 0. The van der Waals surface area contributed by atoms with Crippen molar-refractivity contribution in [2.24, 2.45) is 0 Å². The first-order valence-electron chi connectivity index (χ1n) is 9.18. The van der Waals surface area contributed by atoms with Crippen LogP contribution < -0.4 is 14.2 Å². The van der Waals surface area contributed by atoms with Crippen molar-refractivity contribution in [2.45, 2.75) is 20.0 Å². The molecule has 138 valence electrons. The van der Waals surface area contributed by atoms with Gasteiger partial charge in [-0.3, -0.25) is 9.80 Å². The molecule has 2 heterocycles. The summed E-state index contributed by atoms with van der Waals surface area (Å²) in [5.41, 5.74) is 3.84. The largest absolute Gasteiger partial charge is 0.496 e. The third-order valence-corrected chi connectivity index (χ3v) is 5.17. The fraction of sp³-hybridized carbons (Fsp3) is 0.429. The van der Waals surface area contributed by atoms with E-state index in [4.69, 9.17) is 14.2 Å². The van der Waals surface area contributed by atoms with Crippen molar-refractivity contribution in [3.63, 3.8) is 0 Å². The van der Waals surface area contributed by atoms with Crippen molar-refractivity contribution in [2.75, 3.05) is 40.1 Å². The molecule has 0 saturated carbocycles. The Morgan fingerprint density at radius 1 is 0.846 bits per heavy atom. The molecule has 0 radical (unpaired) electrons. The van der Waals surface area contributed by atoms with Crippen LogP contribution in [0.4, 0.5) is 0 Å². The molecule has 0 unspecified atom stereocenters. The number of hydrogen-bond acceptors (Lipinski definition) is 5. The molecule has 2 aliphatic heterocycles. The fourth-order valence-electron chi connectivity index (χ4n) is 3.70. The van der Waals surface area contributed by atoms with E-state index < -0.39 is 0 Å². The van der Waals surface area contributed by atoms with Crippen LogP contribution in [0.25, 0.3) is 0 Å². The maximum Gasteiger partial charge on any atom is 0.231 e. The molecule has 2 aliphatic rings. The number of piperazine rings is 1. The van der Waals surface area contributed by atoms with Crippen LogP contribution in [0, 0.1) is 6.92 Å². The predicted octanol–water partition coefficient (Wildman–Crippen LogP) is 3.05. The average Bonchev–Trinajstić information content (AvgIpc) is 3.11. The first kappa shape index (κ1) is 17.2. The van der Waals surface area contributed by atoms with Crippen LogP contribution in [0.1, 0.15) is 16.7 Å². The van der Waals surface area contributed by atoms with Crippen LogP contribution >= 0.6 is 0 Å². The van der Waals surface area contributed by atoms with Gasteiger partial charge in [-0.25, -0.2) is 0 Å². The van der Waals surface area contributed by atoms with Crippen molar-refractivity contribution in [3.8, 4) is 17.2 Å². The van der Waals surface area contributed by atoms with Gasteiger partial charge in [0.1, 0.15) is 5.75 Å². The lowest BCUT2D eigenvalue weighted by Gasteiger charge is -2.34. The Kier molecular flexibility index (Phi) is 5.00. The van der Waals surface area contributed by atoms with Crippen LogP contribution in [0.2, 0.25) is 0 Å². The maximum absolute atomic E-state index is 5.48. The number of aryl methyl sites for hydroxylation is 1. The van der Waals surface area contributed by atoms with E-state index in [1.165, 1.54) is 16.7 Å². The van der Waals surface area contributed by atoms with E-state index in [0.717, 1.165) is 56.5 Å². The number of nitrogens with zero attached hydrogens (tertiary/aromatic N) is 2. The summed E-state index contributed by atoms with van der Waals surface area (Å²) in [6.45, 7) is 8.77. The lowest BCUT2D eigenvalue weighted by atomic mass is 10.1. The van der Waals surface area contributed by atoms with Gasteiger partial charge in [-0.05, 0) is 41.8 Å². The van der Waals surface area contributed by atoms with E-state index in [1.807, 2.05) is 6.07 Å². The molecule has 1 saturated heterocycles. The molecule has 0 amide bonds. The first-order valence-corrected chi connectivity index (χ1v) is 9.18. The Hall–Kier alpha value is -2.24. The van der Waals surface area contributed by atoms with Crippen LogP contribution in [0.5, 0.6) is 17.2 Å². The predicted molar refractivity (Wildman–Crippen MR) is 101 cm³/mol. The minimum Gasteiger partial charge on any atom is -0.496 e. The molecule has 2 aromatic rings. The van der Waals surface area contributed by atoms with Gasteiger partial charge in [0, 0.05) is 39.3 Å². The van der Waals surface area contributed by atoms with Crippen LogP contribution in [-0.2, 0) is 13.1 Å². The van der Waals surface area contributed by atoms with Crippen molar-refractivity contribution in [1.29, 1.82) is 0 Å². The Morgan fingerprint density at radius 3 is 2.12 bits per heavy atom. The second-order valence-corrected chi connectivity index (χ2v) is 7.04. The summed E-state index contributed by atoms with van der Waals surface area (Å²) >= 11 is 0. The van der Waals surface area contributed by atoms with Crippen LogP contribution in [0.15, 0.2) is 36.4 Å². The lowest BCUT2D eigenvalue weighted by Crippen LogP contribution is -2.45. The number of fused-ring (bicyclic) bond motifs is 1. The zero-order chi connectivity index (χ0) is 17.9. The second-order valence-electron chi connectivity index (χ2n) is 7.04. The van der Waals surface area contributed by atoms with Gasteiger partial charge >= 0.3 is 0 Å². The van der Waals surface area contributed by atoms with Gasteiger partial charge in [0.25, 0.3) is 0 Å². The maximum atomic E-state index is 5.48. The monoisotopic (exact) mass is 354 g/mol. The van der Waals surface area contributed by atoms with E-state index in [-0.39, 0.29) is 0 Å². The smallest absolute Gasteiger partial charge is 0.231 e. The van der Waals surface area contributed by atoms with Crippen molar-refractivity contribution >= 4 is 0 Å². The molecule has 26 heavy (non-hydrogen) atoms. The number of ether oxygens (including phenoxy) is 3. The summed E-state index contributed by atoms with van der Waals surface area (Å²) in [6, 6.07) is 12.7. The highest BCUT2D eigenvalue weighted by Crippen LogP contribution is 2.32. The van der Waals surface area contributed by atoms with E-state index in [1.54, 1.807) is 7.11 Å². The van der Waals surface area contributed by atoms with Crippen molar-refractivity contribution in [1.82, 2.24) is 9.80 Å². The van der Waals surface area contributed by atoms with Gasteiger partial charge in [0.15, 0.2) is 11.5 Å². The first-order chi connectivity index (χ1) is 12.7. The molecule has 0 aliphatic carbocycles. The number of methoxy groups -OCH3 is 1. The van der Waals surface area contributed by atoms with Gasteiger partial charge < -0.3 is 14.2 Å². The van der Waals surface area contributed by atoms with Gasteiger partial charge in [0.2, 0.25) is 6.79 Å². The highest BCUT2D eigenvalue weighted by molar-refractivity contribution is 5.44. The molecule has 0 atom stereocenters. The Bertz CT molecular complexity index is 770. The van der Waals surface area contributed by atoms with Crippen LogP contribution in [-0.4, -0.2) is 49.9 Å². The molecule has 0 N–H and O–H groups in total. The molecule has 2 aromatic carbocycles. The summed E-state index contributed by atoms with van der Waals surface area (Å²) in [6.07, 6.45) is 0. The molecular weight excluding hydrogens is 328 g/mol. The molecule has 4 rings (SSSR count). The van der Waals surface area contributed by atoms with Crippen molar-refractivity contribution < 1.29 is 14.2 Å². The molecule has 0 bridgehead atoms. The average molecular weight is 354 g/mol. The lowest BCUT2D eigenvalue weighted by molar-refractivity contribution is 0.122. The molecule has 1 fully saturated rings. The second kappa shape index (κ2) is 7.56. The highest BCUT2D eigenvalue weighted by Gasteiger charge is 2.19. The Morgan fingerprint density at radius 2 is 1.46 bits per heavy atom. The Balaban J connectivity index is 1.29. The molecule has 5 heteroatoms. The number of benzene rings is 2. The number of rotatable bonds is 5. The van der Waals surface area contributed by atoms with Gasteiger partial charge in [-0.1, -0.05) is 18.2 Å². The minimum absolute atomic E-state index is 0.336. The summed E-state index contributed by atoms with van der Waals surface area (Å²) < 4.78 is 16.2. The van der Waals surface area contributed by atoms with E-state index in [9.17, 15) is 0 Å². The quantitative estimate of drug-likeness (QED) is 0.824. The zero-order valence-electron chi connectivity index (χ0n) is 15.5. The third kappa shape index (κ3) is 3.79. The van der Waals surface area contributed by atoms with Gasteiger partial charge in [-0.2, -0.15) is 0 Å². The summed E-state index contributed by atoms with van der Waals surface area (Å²) in [7, 11) is 1.72. The standard InChI is InChI=1S/C21H26N2O3/c1-16-11-17(3-5-19(16)24-2)13-22-7-9-23(10-8-22)14-18-4-6-20-21(12-18)26-15-25-20/h3-6,11-12H,7-10,13-15H2,1-2H3. The SMILES string of the molecule is COc1ccc(CN2CCN(Cc3ccc4c(c3)OCO4)CC2)cc1C. The van der Waals surface area contributed by atoms with Gasteiger partial charge in [0.05, 0.1) is 7.11 Å². The molecule has 0 spiro atoms. The molecule has 0 aromatic heterocycles. The summed E-state index contributed by atoms with van der Waals surface area (Å²) in [5, 5.41) is 0. The zero-order valence-corrected chi connectivity index (χ0v) is 15.5. The van der Waals surface area contributed by atoms with E-state index in [0.29, 0.717) is 6.79 Å². The normalized spacial score (nSPS) is 17.5. The van der Waals surface area contributed by atoms with Crippen LogP contribution in [0.3, 0.4) is 0 Å². The summed E-state index contributed by atoms with van der Waals surface area (Å²) in [5.74, 6) is 2.69. The summed E-state index contributed by atoms with van der Waals surface area (Å²) in [4.78, 5) is 5.03. The van der Waals surface area contributed by atoms with Gasteiger partial charge in [-0.15, -0.1) is 0 Å². The molecule has 5 nitrogen and oxygen atoms in total. The third-order valence-electron chi connectivity index (χ3n) is 5.17. The van der Waals surface area contributed by atoms with E-state index >= 15 is 0 Å². The van der Waals surface area contributed by atoms with E-state index in [2.05, 4.69) is 47.1 Å². The fourth-order valence-corrected chi connectivity index (χ4v) is 3.70. The molecular formula is C21H26N2O3. The highest BCUT2D eigenvalue weighted by atomic mass is 16.7. The topological polar surface area (TPSA) is 34.2 Å². The Labute approximate surface area is 155 Å². The van der Waals surface area contributed by atoms with Crippen molar-refractivity contribution in [3.05, 3.63) is 53.1 Å².